The largest absolute Gasteiger partial charge is 0.481 e. The van der Waals surface area contributed by atoms with E-state index in [1.165, 1.54) is 4.90 Å². The number of nitrogens with one attached hydrogen (secondary N) is 1. The van der Waals surface area contributed by atoms with Crippen molar-refractivity contribution in [2.75, 3.05) is 18.9 Å². The molecule has 25 heavy (non-hydrogen) atoms. The van der Waals surface area contributed by atoms with Crippen molar-refractivity contribution >= 4 is 29.1 Å². The Bertz CT molecular complexity index is 729. The van der Waals surface area contributed by atoms with Crippen LogP contribution >= 0.6 is 11.6 Å². The van der Waals surface area contributed by atoms with Gasteiger partial charge in [0.15, 0.2) is 6.10 Å². The molecule has 0 aliphatic rings. The van der Waals surface area contributed by atoms with E-state index in [9.17, 15) is 9.59 Å². The van der Waals surface area contributed by atoms with Crippen molar-refractivity contribution < 1.29 is 14.3 Å². The molecule has 5 nitrogen and oxygen atoms in total. The molecule has 1 N–H and O–H groups in total. The monoisotopic (exact) mass is 360 g/mol. The van der Waals surface area contributed by atoms with E-state index >= 15 is 0 Å². The van der Waals surface area contributed by atoms with Crippen LogP contribution in [0.4, 0.5) is 5.69 Å². The van der Waals surface area contributed by atoms with Gasteiger partial charge in [-0.3, -0.25) is 9.59 Å². The normalized spacial score (nSPS) is 11.5. The molecule has 2 aromatic rings. The van der Waals surface area contributed by atoms with Crippen molar-refractivity contribution in [3.8, 4) is 5.75 Å². The number of halogens is 1. The maximum absolute atomic E-state index is 12.3. The van der Waals surface area contributed by atoms with Gasteiger partial charge in [-0.15, -0.1) is 0 Å². The van der Waals surface area contributed by atoms with Crippen LogP contribution in [0.5, 0.6) is 5.75 Å². The molecule has 0 saturated carbocycles. The lowest BCUT2D eigenvalue weighted by atomic mass is 10.2. The number of rotatable bonds is 6. The molecule has 0 aliphatic heterocycles. The van der Waals surface area contributed by atoms with Crippen molar-refractivity contribution in [1.82, 2.24) is 4.90 Å². The van der Waals surface area contributed by atoms with Gasteiger partial charge in [0, 0.05) is 17.8 Å². The Labute approximate surface area is 152 Å². The number of amides is 2. The standard InChI is InChI=1S/C19H21ClN2O3/c1-13-4-8-16(9-5-13)21-18(23)12-22(3)19(24)14(2)25-17-10-6-15(20)7-11-17/h4-11,14H,12H2,1-3H3,(H,21,23). The first-order valence-electron chi connectivity index (χ1n) is 7.89. The van der Waals surface area contributed by atoms with E-state index in [-0.39, 0.29) is 18.4 Å². The molecule has 0 aliphatic carbocycles. The summed E-state index contributed by atoms with van der Waals surface area (Å²) in [6.07, 6.45) is -0.710. The summed E-state index contributed by atoms with van der Waals surface area (Å²) in [5.41, 5.74) is 1.81. The highest BCUT2D eigenvalue weighted by Gasteiger charge is 2.21. The highest BCUT2D eigenvalue weighted by Crippen LogP contribution is 2.17. The summed E-state index contributed by atoms with van der Waals surface area (Å²) in [6, 6.07) is 14.2. The SMILES string of the molecule is Cc1ccc(NC(=O)CN(C)C(=O)C(C)Oc2ccc(Cl)cc2)cc1. The molecule has 0 spiro atoms. The number of benzene rings is 2. The molecule has 2 aromatic carbocycles. The molecule has 0 radical (unpaired) electrons. The number of hydrogen-bond donors (Lipinski definition) is 1. The summed E-state index contributed by atoms with van der Waals surface area (Å²) in [5, 5.41) is 3.36. The van der Waals surface area contributed by atoms with Gasteiger partial charge >= 0.3 is 0 Å². The fourth-order valence-electron chi connectivity index (χ4n) is 2.21. The first kappa shape index (κ1) is 18.8. The van der Waals surface area contributed by atoms with Gasteiger partial charge in [0.25, 0.3) is 5.91 Å². The molecule has 2 rings (SSSR count). The number of carbonyl (C=O) groups is 2. The van der Waals surface area contributed by atoms with E-state index in [4.69, 9.17) is 16.3 Å². The maximum atomic E-state index is 12.3. The Hall–Kier alpha value is -2.53. The first-order valence-corrected chi connectivity index (χ1v) is 8.26. The second-order valence-corrected chi connectivity index (χ2v) is 6.26. The van der Waals surface area contributed by atoms with Crippen LogP contribution in [0.1, 0.15) is 12.5 Å². The van der Waals surface area contributed by atoms with Crippen LogP contribution in [0, 0.1) is 6.92 Å². The molecule has 0 saturated heterocycles. The van der Waals surface area contributed by atoms with Gasteiger partial charge in [0.2, 0.25) is 5.91 Å². The summed E-state index contributed by atoms with van der Waals surface area (Å²) < 4.78 is 5.58. The van der Waals surface area contributed by atoms with Crippen molar-refractivity contribution in [3.05, 3.63) is 59.1 Å². The van der Waals surface area contributed by atoms with Crippen LogP contribution < -0.4 is 10.1 Å². The van der Waals surface area contributed by atoms with E-state index in [1.54, 1.807) is 38.2 Å². The highest BCUT2D eigenvalue weighted by molar-refractivity contribution is 6.30. The second kappa shape index (κ2) is 8.53. The summed E-state index contributed by atoms with van der Waals surface area (Å²) >= 11 is 5.82. The number of anilines is 1. The molecule has 2 amide bonds. The molecule has 0 aromatic heterocycles. The van der Waals surface area contributed by atoms with E-state index in [0.717, 1.165) is 5.56 Å². The fraction of sp³-hybridized carbons (Fsp3) is 0.263. The fourth-order valence-corrected chi connectivity index (χ4v) is 2.33. The molecule has 0 fully saturated rings. The van der Waals surface area contributed by atoms with Gasteiger partial charge in [-0.1, -0.05) is 29.3 Å². The summed E-state index contributed by atoms with van der Waals surface area (Å²) in [4.78, 5) is 25.7. The predicted molar refractivity (Wildman–Crippen MR) is 99.0 cm³/mol. The van der Waals surface area contributed by atoms with E-state index in [0.29, 0.717) is 16.5 Å². The summed E-state index contributed by atoms with van der Waals surface area (Å²) in [7, 11) is 1.57. The lowest BCUT2D eigenvalue weighted by molar-refractivity contribution is -0.139. The molecule has 1 atom stereocenters. The average Bonchev–Trinajstić information content (AvgIpc) is 2.58. The number of aryl methyl sites for hydroxylation is 1. The zero-order valence-electron chi connectivity index (χ0n) is 14.5. The van der Waals surface area contributed by atoms with Crippen molar-refractivity contribution in [2.24, 2.45) is 0 Å². The van der Waals surface area contributed by atoms with E-state index in [1.807, 2.05) is 31.2 Å². The second-order valence-electron chi connectivity index (χ2n) is 5.82. The van der Waals surface area contributed by atoms with Crippen LogP contribution in [-0.4, -0.2) is 36.4 Å². The topological polar surface area (TPSA) is 58.6 Å². The van der Waals surface area contributed by atoms with Crippen molar-refractivity contribution in [3.63, 3.8) is 0 Å². The predicted octanol–water partition coefficient (Wildman–Crippen LogP) is 3.51. The minimum absolute atomic E-state index is 0.0545. The molecular weight excluding hydrogens is 340 g/mol. The third-order valence-corrected chi connectivity index (χ3v) is 3.82. The third-order valence-electron chi connectivity index (χ3n) is 3.57. The van der Waals surface area contributed by atoms with Crippen molar-refractivity contribution in [1.29, 1.82) is 0 Å². The lowest BCUT2D eigenvalue weighted by Crippen LogP contribution is -2.41. The van der Waals surface area contributed by atoms with Gasteiger partial charge in [0.05, 0.1) is 6.54 Å². The third kappa shape index (κ3) is 5.80. The Morgan fingerprint density at radius 3 is 2.32 bits per heavy atom. The summed E-state index contributed by atoms with van der Waals surface area (Å²) in [6.45, 7) is 3.56. The highest BCUT2D eigenvalue weighted by atomic mass is 35.5. The number of nitrogens with zero attached hydrogens (tertiary/aromatic N) is 1. The molecule has 1 unspecified atom stereocenters. The molecule has 0 bridgehead atoms. The van der Waals surface area contributed by atoms with E-state index in [2.05, 4.69) is 5.32 Å². The minimum Gasteiger partial charge on any atom is -0.481 e. The Balaban J connectivity index is 1.86. The van der Waals surface area contributed by atoms with Gasteiger partial charge in [-0.05, 0) is 50.2 Å². The average molecular weight is 361 g/mol. The van der Waals surface area contributed by atoms with Crippen LogP contribution in [-0.2, 0) is 9.59 Å². The van der Waals surface area contributed by atoms with Crippen LogP contribution in [0.25, 0.3) is 0 Å². The minimum atomic E-state index is -0.710. The molecule has 132 valence electrons. The summed E-state index contributed by atoms with van der Waals surface area (Å²) in [5.74, 6) is -0.00448. The first-order chi connectivity index (χ1) is 11.8. The maximum Gasteiger partial charge on any atom is 0.263 e. The molecule has 6 heteroatoms. The van der Waals surface area contributed by atoms with Gasteiger partial charge < -0.3 is 15.0 Å². The lowest BCUT2D eigenvalue weighted by Gasteiger charge is -2.21. The number of hydrogen-bond acceptors (Lipinski definition) is 3. The van der Waals surface area contributed by atoms with Crippen LogP contribution in [0.2, 0.25) is 5.02 Å². The Kier molecular flexibility index (Phi) is 6.42. The number of carbonyl (C=O) groups excluding carboxylic acids is 2. The molecule has 0 heterocycles. The molecular formula is C19H21ClN2O3. The zero-order valence-corrected chi connectivity index (χ0v) is 15.2. The Morgan fingerprint density at radius 2 is 1.72 bits per heavy atom. The smallest absolute Gasteiger partial charge is 0.263 e. The van der Waals surface area contributed by atoms with Crippen molar-refractivity contribution in [2.45, 2.75) is 20.0 Å². The zero-order chi connectivity index (χ0) is 18.4. The van der Waals surface area contributed by atoms with E-state index < -0.39 is 6.10 Å². The Morgan fingerprint density at radius 1 is 1.12 bits per heavy atom. The number of likely N-dealkylation sites (N-methyl/N-ethyl adjacent to an activating group) is 1. The van der Waals surface area contributed by atoms with Gasteiger partial charge in [-0.2, -0.15) is 0 Å². The quantitative estimate of drug-likeness (QED) is 0.857. The number of ether oxygens (including phenoxy) is 1. The van der Waals surface area contributed by atoms with Gasteiger partial charge in [-0.25, -0.2) is 0 Å². The van der Waals surface area contributed by atoms with Gasteiger partial charge in [0.1, 0.15) is 5.75 Å². The van der Waals surface area contributed by atoms with Crippen LogP contribution in [0.3, 0.4) is 0 Å². The van der Waals surface area contributed by atoms with Crippen LogP contribution in [0.15, 0.2) is 48.5 Å².